The summed E-state index contributed by atoms with van der Waals surface area (Å²) in [6.07, 6.45) is 0.804. The predicted octanol–water partition coefficient (Wildman–Crippen LogP) is 2.70. The SMILES string of the molecule is C=C(Cc1cccc(C)c1)OC. The van der Waals surface area contributed by atoms with Gasteiger partial charge in [0.15, 0.2) is 0 Å². The highest BCUT2D eigenvalue weighted by molar-refractivity contribution is 5.24. The van der Waals surface area contributed by atoms with E-state index < -0.39 is 0 Å². The second kappa shape index (κ2) is 3.96. The monoisotopic (exact) mass is 162 g/mol. The van der Waals surface area contributed by atoms with Crippen LogP contribution in [-0.4, -0.2) is 7.11 Å². The van der Waals surface area contributed by atoms with Crippen LogP contribution in [0.25, 0.3) is 0 Å². The zero-order valence-corrected chi connectivity index (χ0v) is 7.63. The van der Waals surface area contributed by atoms with Crippen LogP contribution in [-0.2, 0) is 11.2 Å². The average molecular weight is 162 g/mol. The van der Waals surface area contributed by atoms with E-state index in [-0.39, 0.29) is 0 Å². The predicted molar refractivity (Wildman–Crippen MR) is 51.0 cm³/mol. The van der Waals surface area contributed by atoms with Crippen molar-refractivity contribution in [3.63, 3.8) is 0 Å². The molecular formula is C11H14O. The van der Waals surface area contributed by atoms with Crippen molar-refractivity contribution in [3.8, 4) is 0 Å². The molecule has 1 nitrogen and oxygen atoms in total. The van der Waals surface area contributed by atoms with E-state index in [4.69, 9.17) is 4.74 Å². The van der Waals surface area contributed by atoms with E-state index in [9.17, 15) is 0 Å². The number of hydrogen-bond donors (Lipinski definition) is 0. The van der Waals surface area contributed by atoms with E-state index in [1.807, 2.05) is 6.07 Å². The van der Waals surface area contributed by atoms with Crippen LogP contribution in [0.1, 0.15) is 11.1 Å². The number of methoxy groups -OCH3 is 1. The molecule has 0 atom stereocenters. The lowest BCUT2D eigenvalue weighted by Gasteiger charge is -2.04. The number of rotatable bonds is 3. The van der Waals surface area contributed by atoms with Gasteiger partial charge in [-0.3, -0.25) is 0 Å². The Kier molecular flexibility index (Phi) is 2.92. The molecule has 1 aromatic rings. The van der Waals surface area contributed by atoms with E-state index in [2.05, 4.69) is 31.7 Å². The van der Waals surface area contributed by atoms with Gasteiger partial charge in [0.05, 0.1) is 12.9 Å². The molecule has 0 amide bonds. The van der Waals surface area contributed by atoms with Crippen LogP contribution in [0.2, 0.25) is 0 Å². The van der Waals surface area contributed by atoms with Crippen molar-refractivity contribution in [1.82, 2.24) is 0 Å². The summed E-state index contributed by atoms with van der Waals surface area (Å²) in [7, 11) is 1.65. The molecule has 0 heterocycles. The molecule has 1 aromatic carbocycles. The zero-order valence-electron chi connectivity index (χ0n) is 7.63. The van der Waals surface area contributed by atoms with Gasteiger partial charge < -0.3 is 4.74 Å². The second-order valence-electron chi connectivity index (χ2n) is 2.91. The van der Waals surface area contributed by atoms with Gasteiger partial charge in [0.25, 0.3) is 0 Å². The van der Waals surface area contributed by atoms with Crippen molar-refractivity contribution < 1.29 is 4.74 Å². The van der Waals surface area contributed by atoms with Crippen molar-refractivity contribution in [2.75, 3.05) is 7.11 Å². The van der Waals surface area contributed by atoms with Crippen molar-refractivity contribution in [3.05, 3.63) is 47.7 Å². The molecule has 0 saturated carbocycles. The standard InChI is InChI=1S/C11H14O/c1-9-5-4-6-11(7-9)8-10(2)12-3/h4-7H,2,8H2,1,3H3. The Morgan fingerprint density at radius 3 is 2.83 bits per heavy atom. The third kappa shape index (κ3) is 2.42. The molecule has 0 fully saturated rings. The van der Waals surface area contributed by atoms with E-state index in [0.717, 1.165) is 12.2 Å². The maximum atomic E-state index is 5.00. The van der Waals surface area contributed by atoms with E-state index in [1.54, 1.807) is 7.11 Å². The Hall–Kier alpha value is -1.24. The molecule has 0 N–H and O–H groups in total. The lowest BCUT2D eigenvalue weighted by molar-refractivity contribution is 0.285. The molecule has 0 aliphatic rings. The first-order valence-corrected chi connectivity index (χ1v) is 3.99. The van der Waals surface area contributed by atoms with E-state index in [0.29, 0.717) is 0 Å². The lowest BCUT2D eigenvalue weighted by atomic mass is 10.1. The third-order valence-corrected chi connectivity index (χ3v) is 1.77. The molecular weight excluding hydrogens is 148 g/mol. The number of benzene rings is 1. The van der Waals surface area contributed by atoms with Gasteiger partial charge in [-0.2, -0.15) is 0 Å². The summed E-state index contributed by atoms with van der Waals surface area (Å²) in [5, 5.41) is 0. The molecule has 1 heteroatoms. The minimum Gasteiger partial charge on any atom is -0.501 e. The first-order valence-electron chi connectivity index (χ1n) is 3.99. The van der Waals surface area contributed by atoms with Crippen LogP contribution in [0, 0.1) is 6.92 Å². The van der Waals surface area contributed by atoms with Crippen LogP contribution in [0.4, 0.5) is 0 Å². The molecule has 0 bridgehead atoms. The molecule has 12 heavy (non-hydrogen) atoms. The maximum absolute atomic E-state index is 5.00. The second-order valence-corrected chi connectivity index (χ2v) is 2.91. The van der Waals surface area contributed by atoms with Gasteiger partial charge in [0.1, 0.15) is 0 Å². The zero-order chi connectivity index (χ0) is 8.97. The minimum absolute atomic E-state index is 0.804. The highest BCUT2D eigenvalue weighted by Crippen LogP contribution is 2.08. The van der Waals surface area contributed by atoms with Crippen LogP contribution in [0.15, 0.2) is 36.6 Å². The topological polar surface area (TPSA) is 9.23 Å². The highest BCUT2D eigenvalue weighted by atomic mass is 16.5. The van der Waals surface area contributed by atoms with Crippen LogP contribution in [0.3, 0.4) is 0 Å². The summed E-state index contributed by atoms with van der Waals surface area (Å²) in [4.78, 5) is 0. The first-order chi connectivity index (χ1) is 5.72. The minimum atomic E-state index is 0.804. The molecule has 0 aromatic heterocycles. The molecule has 0 saturated heterocycles. The van der Waals surface area contributed by atoms with Gasteiger partial charge >= 0.3 is 0 Å². The van der Waals surface area contributed by atoms with Crippen LogP contribution in [0.5, 0.6) is 0 Å². The average Bonchev–Trinajstić information content (AvgIpc) is 2.04. The highest BCUT2D eigenvalue weighted by Gasteiger charge is 1.95. The maximum Gasteiger partial charge on any atom is 0.0927 e. The lowest BCUT2D eigenvalue weighted by Crippen LogP contribution is -1.91. The smallest absolute Gasteiger partial charge is 0.0927 e. The molecule has 1 rings (SSSR count). The summed E-state index contributed by atoms with van der Waals surface area (Å²) >= 11 is 0. The van der Waals surface area contributed by atoms with Gasteiger partial charge in [-0.15, -0.1) is 0 Å². The van der Waals surface area contributed by atoms with E-state index >= 15 is 0 Å². The largest absolute Gasteiger partial charge is 0.501 e. The summed E-state index contributed by atoms with van der Waals surface area (Å²) < 4.78 is 5.00. The molecule has 0 radical (unpaired) electrons. The van der Waals surface area contributed by atoms with Gasteiger partial charge in [-0.25, -0.2) is 0 Å². The summed E-state index contributed by atoms with van der Waals surface area (Å²) in [6.45, 7) is 5.86. The summed E-state index contributed by atoms with van der Waals surface area (Å²) in [5.41, 5.74) is 2.53. The Morgan fingerprint density at radius 2 is 2.25 bits per heavy atom. The van der Waals surface area contributed by atoms with Gasteiger partial charge in [-0.05, 0) is 12.5 Å². The summed E-state index contributed by atoms with van der Waals surface area (Å²) in [6, 6.07) is 8.36. The first kappa shape index (κ1) is 8.85. The van der Waals surface area contributed by atoms with Crippen molar-refractivity contribution in [1.29, 1.82) is 0 Å². The number of aryl methyl sites for hydroxylation is 1. The Morgan fingerprint density at radius 1 is 1.50 bits per heavy atom. The molecule has 64 valence electrons. The van der Waals surface area contributed by atoms with E-state index in [1.165, 1.54) is 11.1 Å². The van der Waals surface area contributed by atoms with Crippen molar-refractivity contribution >= 4 is 0 Å². The molecule has 0 spiro atoms. The quantitative estimate of drug-likeness (QED) is 0.621. The fraction of sp³-hybridized carbons (Fsp3) is 0.273. The molecule has 0 unspecified atom stereocenters. The number of hydrogen-bond acceptors (Lipinski definition) is 1. The Balaban J connectivity index is 2.69. The fourth-order valence-electron chi connectivity index (χ4n) is 1.12. The fourth-order valence-corrected chi connectivity index (χ4v) is 1.12. The third-order valence-electron chi connectivity index (χ3n) is 1.77. The molecule has 0 aliphatic carbocycles. The van der Waals surface area contributed by atoms with Crippen molar-refractivity contribution in [2.45, 2.75) is 13.3 Å². The number of allylic oxidation sites excluding steroid dienone is 1. The van der Waals surface area contributed by atoms with Crippen molar-refractivity contribution in [2.24, 2.45) is 0 Å². The van der Waals surface area contributed by atoms with Crippen LogP contribution >= 0.6 is 0 Å². The van der Waals surface area contributed by atoms with Gasteiger partial charge in [0.2, 0.25) is 0 Å². The van der Waals surface area contributed by atoms with Crippen LogP contribution < -0.4 is 0 Å². The number of ether oxygens (including phenoxy) is 1. The Labute approximate surface area is 73.7 Å². The molecule has 0 aliphatic heterocycles. The van der Waals surface area contributed by atoms with Gasteiger partial charge in [-0.1, -0.05) is 36.4 Å². The normalized spacial score (nSPS) is 9.50. The van der Waals surface area contributed by atoms with Gasteiger partial charge in [0, 0.05) is 6.42 Å². The Bertz CT molecular complexity index is 276. The summed E-state index contributed by atoms with van der Waals surface area (Å²) in [5.74, 6) is 0.806.